The van der Waals surface area contributed by atoms with Gasteiger partial charge in [0, 0.05) is 17.8 Å². The Hall–Kier alpha value is -0.350. The normalized spacial score (nSPS) is 28.8. The van der Waals surface area contributed by atoms with Crippen LogP contribution in [0.3, 0.4) is 0 Å². The van der Waals surface area contributed by atoms with E-state index in [1.54, 1.807) is 11.3 Å². The van der Waals surface area contributed by atoms with Crippen molar-refractivity contribution in [1.82, 2.24) is 5.32 Å². The quantitative estimate of drug-likeness (QED) is 0.861. The summed E-state index contributed by atoms with van der Waals surface area (Å²) in [6.45, 7) is 0.770. The zero-order valence-electron chi connectivity index (χ0n) is 11.0. The van der Waals surface area contributed by atoms with Gasteiger partial charge in [0.1, 0.15) is 0 Å². The number of nitrogens with one attached hydrogen (secondary N) is 1. The van der Waals surface area contributed by atoms with E-state index in [1.165, 1.54) is 30.6 Å². The second-order valence-corrected chi connectivity index (χ2v) is 8.49. The Labute approximate surface area is 127 Å². The van der Waals surface area contributed by atoms with Crippen LogP contribution in [0.2, 0.25) is 0 Å². The van der Waals surface area contributed by atoms with Crippen molar-refractivity contribution in [3.8, 4) is 0 Å². The van der Waals surface area contributed by atoms with Gasteiger partial charge in [-0.2, -0.15) is 0 Å². The molecule has 1 N–H and O–H groups in total. The van der Waals surface area contributed by atoms with Crippen molar-refractivity contribution in [2.75, 3.05) is 6.54 Å². The molecule has 0 saturated heterocycles. The predicted molar refractivity (Wildman–Crippen MR) is 82.3 cm³/mol. The molecule has 3 unspecified atom stereocenters. The van der Waals surface area contributed by atoms with Gasteiger partial charge in [-0.05, 0) is 71.5 Å². The van der Waals surface area contributed by atoms with Gasteiger partial charge in [-0.1, -0.05) is 6.42 Å². The zero-order chi connectivity index (χ0) is 13.2. The summed E-state index contributed by atoms with van der Waals surface area (Å²) in [5.74, 6) is 2.72. The first kappa shape index (κ1) is 13.6. The fourth-order valence-electron chi connectivity index (χ4n) is 3.75. The van der Waals surface area contributed by atoms with Crippen LogP contribution in [0.4, 0.5) is 0 Å². The van der Waals surface area contributed by atoms with E-state index in [-0.39, 0.29) is 5.91 Å². The number of fused-ring (bicyclic) bond motifs is 2. The van der Waals surface area contributed by atoms with Gasteiger partial charge >= 0.3 is 0 Å². The number of hydrogen-bond acceptors (Lipinski definition) is 2. The van der Waals surface area contributed by atoms with Crippen LogP contribution in [0.5, 0.6) is 0 Å². The van der Waals surface area contributed by atoms with Gasteiger partial charge < -0.3 is 5.32 Å². The first-order chi connectivity index (χ1) is 9.20. The Morgan fingerprint density at radius 2 is 2.26 bits per heavy atom. The molecule has 19 heavy (non-hydrogen) atoms. The Balaban J connectivity index is 1.37. The predicted octanol–water partition coefficient (Wildman–Crippen LogP) is 4.00. The van der Waals surface area contributed by atoms with Crippen molar-refractivity contribution in [2.24, 2.45) is 17.8 Å². The first-order valence-corrected chi connectivity index (χ1v) is 8.82. The molecule has 1 amide bonds. The van der Waals surface area contributed by atoms with Gasteiger partial charge in [-0.15, -0.1) is 11.3 Å². The van der Waals surface area contributed by atoms with E-state index in [0.717, 1.165) is 35.0 Å². The average molecular weight is 342 g/mol. The average Bonchev–Trinajstić information content (AvgIpc) is 3.06. The van der Waals surface area contributed by atoms with Crippen LogP contribution in [0, 0.1) is 17.8 Å². The highest BCUT2D eigenvalue weighted by Gasteiger charge is 2.39. The zero-order valence-corrected chi connectivity index (χ0v) is 13.4. The maximum absolute atomic E-state index is 12.0. The van der Waals surface area contributed by atoms with Crippen LogP contribution in [-0.2, 0) is 11.2 Å². The summed E-state index contributed by atoms with van der Waals surface area (Å²) < 4.78 is 1.16. The summed E-state index contributed by atoms with van der Waals surface area (Å²) in [6, 6.07) is 4.19. The van der Waals surface area contributed by atoms with Crippen LogP contribution >= 0.6 is 27.3 Å². The first-order valence-electron chi connectivity index (χ1n) is 7.21. The molecule has 104 valence electrons. The molecule has 2 aliphatic carbocycles. The minimum atomic E-state index is 0.258. The third kappa shape index (κ3) is 3.40. The third-order valence-corrected chi connectivity index (χ3v) is 6.34. The standard InChI is InChI=1S/C15H20BrNOS/c16-14-4-3-13(19-14)5-6-17-15(18)9-12-8-10-1-2-11(12)7-10/h3-4,10-12H,1-2,5-9H2,(H,17,18). The molecule has 0 spiro atoms. The number of carbonyl (C=O) groups is 1. The Morgan fingerprint density at radius 1 is 1.37 bits per heavy atom. The molecular weight excluding hydrogens is 322 g/mol. The fourth-order valence-corrected chi connectivity index (χ4v) is 5.23. The van der Waals surface area contributed by atoms with Crippen LogP contribution < -0.4 is 5.32 Å². The summed E-state index contributed by atoms with van der Waals surface area (Å²) >= 11 is 5.21. The molecule has 1 aromatic heterocycles. The Bertz CT molecular complexity index is 459. The van der Waals surface area contributed by atoms with Crippen LogP contribution in [0.25, 0.3) is 0 Å². The van der Waals surface area contributed by atoms with E-state index >= 15 is 0 Å². The highest BCUT2D eigenvalue weighted by molar-refractivity contribution is 9.11. The number of carbonyl (C=O) groups excluding carboxylic acids is 1. The monoisotopic (exact) mass is 341 g/mol. The molecule has 2 nitrogen and oxygen atoms in total. The number of rotatable bonds is 5. The van der Waals surface area contributed by atoms with Gasteiger partial charge in [0.15, 0.2) is 0 Å². The topological polar surface area (TPSA) is 29.1 Å². The van der Waals surface area contributed by atoms with Crippen molar-refractivity contribution >= 4 is 33.2 Å². The molecule has 0 aromatic carbocycles. The van der Waals surface area contributed by atoms with E-state index in [2.05, 4.69) is 33.4 Å². The van der Waals surface area contributed by atoms with Crippen molar-refractivity contribution in [2.45, 2.75) is 38.5 Å². The molecule has 3 rings (SSSR count). The van der Waals surface area contributed by atoms with Crippen LogP contribution in [-0.4, -0.2) is 12.5 Å². The minimum Gasteiger partial charge on any atom is -0.356 e. The molecule has 2 aliphatic rings. The van der Waals surface area contributed by atoms with E-state index in [4.69, 9.17) is 0 Å². The third-order valence-electron chi connectivity index (χ3n) is 4.65. The minimum absolute atomic E-state index is 0.258. The molecule has 2 saturated carbocycles. The smallest absolute Gasteiger partial charge is 0.220 e. The number of thiophene rings is 1. The lowest BCUT2D eigenvalue weighted by Gasteiger charge is -2.20. The number of hydrogen-bond donors (Lipinski definition) is 1. The Kier molecular flexibility index (Phi) is 4.27. The van der Waals surface area contributed by atoms with Gasteiger partial charge in [0.05, 0.1) is 3.79 Å². The summed E-state index contributed by atoms with van der Waals surface area (Å²) in [5, 5.41) is 3.08. The Morgan fingerprint density at radius 3 is 2.89 bits per heavy atom. The van der Waals surface area contributed by atoms with Crippen LogP contribution in [0.1, 0.15) is 37.0 Å². The summed E-state index contributed by atoms with van der Waals surface area (Å²) in [7, 11) is 0. The van der Waals surface area contributed by atoms with Crippen molar-refractivity contribution in [1.29, 1.82) is 0 Å². The molecule has 2 bridgehead atoms. The number of amides is 1. The molecule has 1 aromatic rings. The highest BCUT2D eigenvalue weighted by Crippen LogP contribution is 2.49. The lowest BCUT2D eigenvalue weighted by Crippen LogP contribution is -2.28. The van der Waals surface area contributed by atoms with E-state index in [0.29, 0.717) is 5.92 Å². The largest absolute Gasteiger partial charge is 0.356 e. The van der Waals surface area contributed by atoms with Crippen molar-refractivity contribution in [3.05, 3.63) is 20.8 Å². The molecule has 2 fully saturated rings. The van der Waals surface area contributed by atoms with Crippen molar-refractivity contribution < 1.29 is 4.79 Å². The lowest BCUT2D eigenvalue weighted by molar-refractivity contribution is -0.122. The maximum atomic E-state index is 12.0. The second kappa shape index (κ2) is 5.96. The molecule has 1 heterocycles. The van der Waals surface area contributed by atoms with E-state index in [9.17, 15) is 4.79 Å². The molecule has 4 heteroatoms. The van der Waals surface area contributed by atoms with Gasteiger partial charge in [0.2, 0.25) is 5.91 Å². The van der Waals surface area contributed by atoms with E-state index in [1.807, 2.05) is 0 Å². The van der Waals surface area contributed by atoms with Crippen molar-refractivity contribution in [3.63, 3.8) is 0 Å². The van der Waals surface area contributed by atoms with Gasteiger partial charge in [-0.25, -0.2) is 0 Å². The molecule has 0 radical (unpaired) electrons. The number of halogens is 1. The van der Waals surface area contributed by atoms with Crippen LogP contribution in [0.15, 0.2) is 15.9 Å². The summed E-state index contributed by atoms with van der Waals surface area (Å²) in [6.07, 6.45) is 7.17. The second-order valence-electron chi connectivity index (χ2n) is 5.94. The molecule has 3 atom stereocenters. The molecular formula is C15H20BrNOS. The van der Waals surface area contributed by atoms with E-state index < -0.39 is 0 Å². The summed E-state index contributed by atoms with van der Waals surface area (Å²) in [4.78, 5) is 13.3. The fraction of sp³-hybridized carbons (Fsp3) is 0.667. The lowest BCUT2D eigenvalue weighted by atomic mass is 9.86. The van der Waals surface area contributed by atoms with Gasteiger partial charge in [0.25, 0.3) is 0 Å². The summed E-state index contributed by atoms with van der Waals surface area (Å²) in [5.41, 5.74) is 0. The van der Waals surface area contributed by atoms with Gasteiger partial charge in [-0.3, -0.25) is 4.79 Å². The SMILES string of the molecule is O=C(CC1CC2CCC1C2)NCCc1ccc(Br)s1. The molecule has 0 aliphatic heterocycles. The highest BCUT2D eigenvalue weighted by atomic mass is 79.9. The maximum Gasteiger partial charge on any atom is 0.220 e.